The van der Waals surface area contributed by atoms with Gasteiger partial charge in [0.25, 0.3) is 0 Å². The highest BCUT2D eigenvalue weighted by molar-refractivity contribution is 5.78. The summed E-state index contributed by atoms with van der Waals surface area (Å²) in [6.07, 6.45) is -3.21. The van der Waals surface area contributed by atoms with Crippen LogP contribution < -0.4 is 10.1 Å². The lowest BCUT2D eigenvalue weighted by atomic mass is 9.95. The van der Waals surface area contributed by atoms with Crippen LogP contribution in [0.3, 0.4) is 0 Å². The summed E-state index contributed by atoms with van der Waals surface area (Å²) in [5, 5.41) is 2.73. The van der Waals surface area contributed by atoms with Gasteiger partial charge in [0.1, 0.15) is 5.75 Å². The van der Waals surface area contributed by atoms with Gasteiger partial charge in [0.2, 0.25) is 5.91 Å². The minimum Gasteiger partial charge on any atom is -0.405 e. The molecule has 0 aliphatic carbocycles. The molecule has 1 aromatic carbocycles. The summed E-state index contributed by atoms with van der Waals surface area (Å²) < 4.78 is 41.2. The molecule has 0 spiro atoms. The molecule has 1 heterocycles. The number of hydrogen-bond donors (Lipinski definition) is 1. The predicted octanol–water partition coefficient (Wildman–Crippen LogP) is 3.32. The van der Waals surface area contributed by atoms with Gasteiger partial charge in [-0.1, -0.05) is 18.2 Å². The molecule has 4 nitrogen and oxygen atoms in total. The van der Waals surface area contributed by atoms with Crippen molar-refractivity contribution in [1.82, 2.24) is 10.2 Å². The number of likely N-dealkylation sites (tertiary alicyclic amines) is 1. The summed E-state index contributed by atoms with van der Waals surface area (Å²) in [6, 6.07) is 6.30. The summed E-state index contributed by atoms with van der Waals surface area (Å²) in [5.74, 6) is -0.476. The molecule has 7 heteroatoms. The Hall–Kier alpha value is -1.76. The van der Waals surface area contributed by atoms with Crippen molar-refractivity contribution in [3.8, 4) is 5.75 Å². The van der Waals surface area contributed by atoms with E-state index < -0.39 is 6.36 Å². The van der Waals surface area contributed by atoms with Crippen molar-refractivity contribution in [2.24, 2.45) is 5.92 Å². The molecule has 1 fully saturated rings. The molecule has 24 heavy (non-hydrogen) atoms. The predicted molar refractivity (Wildman–Crippen MR) is 84.4 cm³/mol. The van der Waals surface area contributed by atoms with Crippen molar-refractivity contribution in [2.75, 3.05) is 13.1 Å². The molecule has 134 valence electrons. The monoisotopic (exact) mass is 344 g/mol. The van der Waals surface area contributed by atoms with Gasteiger partial charge in [0.05, 0.1) is 0 Å². The number of carbonyl (C=O) groups excluding carboxylic acids is 1. The fourth-order valence-electron chi connectivity index (χ4n) is 2.88. The second kappa shape index (κ2) is 7.88. The minimum absolute atomic E-state index is 0.0233. The van der Waals surface area contributed by atoms with E-state index in [1.54, 1.807) is 6.07 Å². The molecule has 0 radical (unpaired) electrons. The Morgan fingerprint density at radius 3 is 2.50 bits per heavy atom. The number of para-hydroxylation sites is 1. The van der Waals surface area contributed by atoms with E-state index in [1.807, 2.05) is 0 Å². The van der Waals surface area contributed by atoms with E-state index in [9.17, 15) is 18.0 Å². The third-order valence-corrected chi connectivity index (χ3v) is 4.28. The molecule has 0 bridgehead atoms. The Morgan fingerprint density at radius 1 is 1.29 bits per heavy atom. The van der Waals surface area contributed by atoms with Crippen molar-refractivity contribution >= 4 is 5.91 Å². The number of piperidine rings is 1. The molecule has 2 rings (SSSR count). The van der Waals surface area contributed by atoms with Crippen LogP contribution in [0.15, 0.2) is 24.3 Å². The van der Waals surface area contributed by atoms with Crippen molar-refractivity contribution in [3.63, 3.8) is 0 Å². The van der Waals surface area contributed by atoms with Crippen LogP contribution in [-0.2, 0) is 11.3 Å². The first-order valence-electron chi connectivity index (χ1n) is 8.11. The minimum atomic E-state index is -4.75. The van der Waals surface area contributed by atoms with Gasteiger partial charge >= 0.3 is 6.36 Å². The van der Waals surface area contributed by atoms with Crippen LogP contribution in [-0.4, -0.2) is 36.3 Å². The van der Waals surface area contributed by atoms with Crippen LogP contribution in [0.2, 0.25) is 0 Å². The number of nitrogens with zero attached hydrogens (tertiary/aromatic N) is 1. The maximum atomic E-state index is 12.4. The normalized spacial score (nSPS) is 17.1. The Balaban J connectivity index is 1.89. The number of halogens is 3. The van der Waals surface area contributed by atoms with Gasteiger partial charge in [0.15, 0.2) is 0 Å². The lowest BCUT2D eigenvalue weighted by molar-refractivity contribution is -0.274. The summed E-state index contributed by atoms with van der Waals surface area (Å²) in [5.41, 5.74) is 0.308. The Labute approximate surface area is 140 Å². The Kier molecular flexibility index (Phi) is 6.10. The summed E-state index contributed by atoms with van der Waals surface area (Å²) >= 11 is 0. The van der Waals surface area contributed by atoms with E-state index in [4.69, 9.17) is 0 Å². The Morgan fingerprint density at radius 2 is 1.92 bits per heavy atom. The zero-order valence-corrected chi connectivity index (χ0v) is 13.9. The molecule has 0 unspecified atom stereocenters. The van der Waals surface area contributed by atoms with Crippen LogP contribution in [0.5, 0.6) is 5.75 Å². The average molecular weight is 344 g/mol. The van der Waals surface area contributed by atoms with Crippen molar-refractivity contribution in [3.05, 3.63) is 29.8 Å². The maximum Gasteiger partial charge on any atom is 0.573 e. The average Bonchev–Trinajstić information content (AvgIpc) is 2.52. The lowest BCUT2D eigenvalue weighted by Crippen LogP contribution is -2.43. The number of carbonyl (C=O) groups is 1. The quantitative estimate of drug-likeness (QED) is 0.891. The van der Waals surface area contributed by atoms with E-state index in [1.165, 1.54) is 18.2 Å². The number of rotatable bonds is 5. The molecule has 1 saturated heterocycles. The second-order valence-electron chi connectivity index (χ2n) is 6.28. The van der Waals surface area contributed by atoms with Gasteiger partial charge < -0.3 is 15.0 Å². The molecule has 1 aromatic rings. The van der Waals surface area contributed by atoms with E-state index >= 15 is 0 Å². The molecular formula is C17H23F3N2O2. The second-order valence-corrected chi connectivity index (χ2v) is 6.28. The smallest absolute Gasteiger partial charge is 0.405 e. The first kappa shape index (κ1) is 18.6. The van der Waals surface area contributed by atoms with Crippen LogP contribution in [0.4, 0.5) is 13.2 Å². The molecule has 1 amide bonds. The third-order valence-electron chi connectivity index (χ3n) is 4.28. The molecule has 1 aliphatic rings. The SMILES string of the molecule is CC(C)N1CCC(C(=O)NCc2ccccc2OC(F)(F)F)CC1. The number of benzene rings is 1. The van der Waals surface area contributed by atoms with Gasteiger partial charge in [-0.3, -0.25) is 4.79 Å². The van der Waals surface area contributed by atoms with Gasteiger partial charge in [0, 0.05) is 24.1 Å². The topological polar surface area (TPSA) is 41.6 Å². The van der Waals surface area contributed by atoms with Gasteiger partial charge in [-0.2, -0.15) is 0 Å². The van der Waals surface area contributed by atoms with E-state index in [0.717, 1.165) is 25.9 Å². The maximum absolute atomic E-state index is 12.4. The summed E-state index contributed by atoms with van der Waals surface area (Å²) in [7, 11) is 0. The van der Waals surface area contributed by atoms with Gasteiger partial charge in [-0.05, 0) is 45.8 Å². The van der Waals surface area contributed by atoms with Crippen molar-refractivity contribution in [2.45, 2.75) is 45.6 Å². The first-order chi connectivity index (χ1) is 11.3. The number of alkyl halides is 3. The van der Waals surface area contributed by atoms with Crippen molar-refractivity contribution in [1.29, 1.82) is 0 Å². The zero-order valence-electron chi connectivity index (χ0n) is 13.9. The third kappa shape index (κ3) is 5.40. The molecule has 0 saturated carbocycles. The van der Waals surface area contributed by atoms with E-state index in [0.29, 0.717) is 11.6 Å². The molecule has 0 aromatic heterocycles. The van der Waals surface area contributed by atoms with Crippen LogP contribution in [0, 0.1) is 5.92 Å². The Bertz CT molecular complexity index is 553. The molecule has 1 N–H and O–H groups in total. The molecular weight excluding hydrogens is 321 g/mol. The van der Waals surface area contributed by atoms with E-state index in [2.05, 4.69) is 28.8 Å². The first-order valence-corrected chi connectivity index (χ1v) is 8.11. The van der Waals surface area contributed by atoms with Crippen LogP contribution >= 0.6 is 0 Å². The van der Waals surface area contributed by atoms with Crippen molar-refractivity contribution < 1.29 is 22.7 Å². The van der Waals surface area contributed by atoms with Gasteiger partial charge in [-0.25, -0.2) is 0 Å². The molecule has 1 aliphatic heterocycles. The number of ether oxygens (including phenoxy) is 1. The van der Waals surface area contributed by atoms with Crippen LogP contribution in [0.25, 0.3) is 0 Å². The number of amides is 1. The van der Waals surface area contributed by atoms with E-state index in [-0.39, 0.29) is 24.1 Å². The zero-order chi connectivity index (χ0) is 17.7. The highest BCUT2D eigenvalue weighted by Gasteiger charge is 2.32. The van der Waals surface area contributed by atoms with Gasteiger partial charge in [-0.15, -0.1) is 13.2 Å². The summed E-state index contributed by atoms with van der Waals surface area (Å²) in [6.45, 7) is 6.00. The van der Waals surface area contributed by atoms with Crippen LogP contribution in [0.1, 0.15) is 32.3 Å². The largest absolute Gasteiger partial charge is 0.573 e. The standard InChI is InChI=1S/C17H23F3N2O2/c1-12(2)22-9-7-13(8-10-22)16(23)21-11-14-5-3-4-6-15(14)24-17(18,19)20/h3-6,12-13H,7-11H2,1-2H3,(H,21,23). The highest BCUT2D eigenvalue weighted by atomic mass is 19.4. The fraction of sp³-hybridized carbons (Fsp3) is 0.588. The number of nitrogens with one attached hydrogen (secondary N) is 1. The summed E-state index contributed by atoms with van der Waals surface area (Å²) in [4.78, 5) is 14.6. The lowest BCUT2D eigenvalue weighted by Gasteiger charge is -2.34. The highest BCUT2D eigenvalue weighted by Crippen LogP contribution is 2.26. The molecule has 0 atom stereocenters. The fourth-order valence-corrected chi connectivity index (χ4v) is 2.88. The number of hydrogen-bond acceptors (Lipinski definition) is 3.